The molecule has 2 aromatic rings. The van der Waals surface area contributed by atoms with E-state index in [0.717, 1.165) is 24.2 Å². The lowest BCUT2D eigenvalue weighted by Crippen LogP contribution is -2.20. The average molecular weight is 288 g/mol. The smallest absolute Gasteiger partial charge is 0.130 e. The number of rotatable bonds is 7. The second kappa shape index (κ2) is 7.74. The van der Waals surface area contributed by atoms with Crippen LogP contribution in [0.3, 0.4) is 0 Å². The molecular formula is C17H21FN2O. The molecule has 112 valence electrons. The highest BCUT2D eigenvalue weighted by molar-refractivity contribution is 5.36. The molecule has 0 aliphatic carbocycles. The van der Waals surface area contributed by atoms with Gasteiger partial charge in [-0.1, -0.05) is 13.0 Å². The summed E-state index contributed by atoms with van der Waals surface area (Å²) in [5.41, 5.74) is 1.68. The summed E-state index contributed by atoms with van der Waals surface area (Å²) in [5, 5.41) is 3.35. The van der Waals surface area contributed by atoms with Gasteiger partial charge in [-0.25, -0.2) is 4.39 Å². The van der Waals surface area contributed by atoms with Crippen molar-refractivity contribution in [3.05, 3.63) is 59.7 Å². The third kappa shape index (κ3) is 4.53. The Morgan fingerprint density at radius 3 is 2.86 bits per heavy atom. The molecule has 1 unspecified atom stereocenters. The molecule has 0 aliphatic rings. The van der Waals surface area contributed by atoms with Gasteiger partial charge >= 0.3 is 0 Å². The lowest BCUT2D eigenvalue weighted by Gasteiger charge is -2.18. The zero-order valence-corrected chi connectivity index (χ0v) is 12.5. The van der Waals surface area contributed by atoms with Gasteiger partial charge in [-0.05, 0) is 50.2 Å². The molecule has 0 saturated heterocycles. The van der Waals surface area contributed by atoms with Crippen molar-refractivity contribution in [1.82, 2.24) is 10.3 Å². The Kier molecular flexibility index (Phi) is 5.69. The van der Waals surface area contributed by atoms with E-state index in [1.54, 1.807) is 12.3 Å². The molecule has 0 bridgehead atoms. The van der Waals surface area contributed by atoms with Crippen LogP contribution >= 0.6 is 0 Å². The Bertz CT molecular complexity index is 560. The molecule has 3 nitrogen and oxygen atoms in total. The zero-order valence-electron chi connectivity index (χ0n) is 12.5. The monoisotopic (exact) mass is 288 g/mol. The predicted molar refractivity (Wildman–Crippen MR) is 81.7 cm³/mol. The van der Waals surface area contributed by atoms with Crippen molar-refractivity contribution in [2.45, 2.75) is 32.9 Å². The highest BCUT2D eigenvalue weighted by Crippen LogP contribution is 2.26. The van der Waals surface area contributed by atoms with Crippen molar-refractivity contribution >= 4 is 0 Å². The summed E-state index contributed by atoms with van der Waals surface area (Å²) in [7, 11) is 0. The van der Waals surface area contributed by atoms with E-state index < -0.39 is 0 Å². The van der Waals surface area contributed by atoms with Crippen molar-refractivity contribution in [1.29, 1.82) is 0 Å². The first-order valence-corrected chi connectivity index (χ1v) is 7.26. The van der Waals surface area contributed by atoms with Crippen LogP contribution in [0.5, 0.6) is 5.75 Å². The number of halogens is 1. The Morgan fingerprint density at radius 2 is 2.14 bits per heavy atom. The maximum absolute atomic E-state index is 13.5. The summed E-state index contributed by atoms with van der Waals surface area (Å²) in [5.74, 6) is 0.443. The molecule has 0 spiro atoms. The Balaban J connectivity index is 2.11. The van der Waals surface area contributed by atoms with E-state index in [0.29, 0.717) is 12.4 Å². The minimum Gasteiger partial charge on any atom is -0.487 e. The topological polar surface area (TPSA) is 34.1 Å². The lowest BCUT2D eigenvalue weighted by atomic mass is 10.1. The van der Waals surface area contributed by atoms with Gasteiger partial charge in [0.1, 0.15) is 18.2 Å². The Hall–Kier alpha value is -1.94. The van der Waals surface area contributed by atoms with Gasteiger partial charge in [0.25, 0.3) is 0 Å². The Morgan fingerprint density at radius 1 is 1.29 bits per heavy atom. The highest BCUT2D eigenvalue weighted by Gasteiger charge is 2.12. The first-order valence-electron chi connectivity index (χ1n) is 7.26. The van der Waals surface area contributed by atoms with Crippen LogP contribution in [-0.4, -0.2) is 11.5 Å². The van der Waals surface area contributed by atoms with Crippen LogP contribution in [0, 0.1) is 5.82 Å². The number of ether oxygens (including phenoxy) is 1. The molecule has 1 heterocycles. The first-order chi connectivity index (χ1) is 10.2. The summed E-state index contributed by atoms with van der Waals surface area (Å²) in [6, 6.07) is 10.4. The number of hydrogen-bond acceptors (Lipinski definition) is 3. The zero-order chi connectivity index (χ0) is 15.1. The van der Waals surface area contributed by atoms with Crippen molar-refractivity contribution in [2.24, 2.45) is 0 Å². The van der Waals surface area contributed by atoms with E-state index >= 15 is 0 Å². The molecule has 1 N–H and O–H groups in total. The van der Waals surface area contributed by atoms with Gasteiger partial charge < -0.3 is 10.1 Å². The summed E-state index contributed by atoms with van der Waals surface area (Å²) in [6.07, 6.45) is 2.76. The van der Waals surface area contributed by atoms with Gasteiger partial charge in [-0.15, -0.1) is 0 Å². The van der Waals surface area contributed by atoms with Crippen LogP contribution in [0.1, 0.15) is 37.6 Å². The molecule has 1 aromatic carbocycles. The van der Waals surface area contributed by atoms with Crippen LogP contribution in [0.4, 0.5) is 4.39 Å². The molecule has 0 aliphatic heterocycles. The van der Waals surface area contributed by atoms with Gasteiger partial charge in [-0.2, -0.15) is 0 Å². The van der Waals surface area contributed by atoms with E-state index in [9.17, 15) is 4.39 Å². The van der Waals surface area contributed by atoms with E-state index in [2.05, 4.69) is 17.2 Å². The van der Waals surface area contributed by atoms with Gasteiger partial charge in [-0.3, -0.25) is 4.98 Å². The van der Waals surface area contributed by atoms with Gasteiger partial charge in [0.05, 0.1) is 5.69 Å². The first kappa shape index (κ1) is 15.4. The average Bonchev–Trinajstić information content (AvgIpc) is 2.52. The summed E-state index contributed by atoms with van der Waals surface area (Å²) in [4.78, 5) is 4.22. The van der Waals surface area contributed by atoms with Gasteiger partial charge in [0, 0.05) is 17.8 Å². The summed E-state index contributed by atoms with van der Waals surface area (Å²) >= 11 is 0. The van der Waals surface area contributed by atoms with E-state index in [1.165, 1.54) is 12.1 Å². The van der Waals surface area contributed by atoms with E-state index in [4.69, 9.17) is 4.74 Å². The third-order valence-corrected chi connectivity index (χ3v) is 3.24. The molecule has 2 rings (SSSR count). The minimum atomic E-state index is -0.250. The molecule has 1 aromatic heterocycles. The van der Waals surface area contributed by atoms with Crippen molar-refractivity contribution in [3.8, 4) is 5.75 Å². The third-order valence-electron chi connectivity index (χ3n) is 3.24. The number of nitrogens with one attached hydrogen (secondary N) is 1. The molecule has 4 heteroatoms. The second-order valence-corrected chi connectivity index (χ2v) is 4.97. The molecule has 0 fully saturated rings. The van der Waals surface area contributed by atoms with Crippen molar-refractivity contribution in [3.63, 3.8) is 0 Å². The quantitative estimate of drug-likeness (QED) is 0.840. The standard InChI is InChI=1S/C17H21FN2O/c1-3-9-19-13(2)16-11-14(18)7-8-17(16)21-12-15-6-4-5-10-20-15/h4-8,10-11,13,19H,3,9,12H2,1-2H3. The highest BCUT2D eigenvalue weighted by atomic mass is 19.1. The fraction of sp³-hybridized carbons (Fsp3) is 0.353. The van der Waals surface area contributed by atoms with Crippen LogP contribution in [-0.2, 0) is 6.61 Å². The number of hydrogen-bond donors (Lipinski definition) is 1. The normalized spacial score (nSPS) is 12.1. The molecule has 21 heavy (non-hydrogen) atoms. The molecular weight excluding hydrogens is 267 g/mol. The lowest BCUT2D eigenvalue weighted by molar-refractivity contribution is 0.294. The number of nitrogens with zero attached hydrogens (tertiary/aromatic N) is 1. The van der Waals surface area contributed by atoms with Crippen molar-refractivity contribution < 1.29 is 9.13 Å². The Labute approximate surface area is 125 Å². The van der Waals surface area contributed by atoms with Gasteiger partial charge in [0.15, 0.2) is 0 Å². The number of benzene rings is 1. The maximum Gasteiger partial charge on any atom is 0.130 e. The van der Waals surface area contributed by atoms with Crippen molar-refractivity contribution in [2.75, 3.05) is 6.54 Å². The molecule has 1 atom stereocenters. The van der Waals surface area contributed by atoms with Gasteiger partial charge in [0.2, 0.25) is 0 Å². The molecule has 0 saturated carbocycles. The second-order valence-electron chi connectivity index (χ2n) is 4.97. The maximum atomic E-state index is 13.5. The summed E-state index contributed by atoms with van der Waals surface area (Å²) in [6.45, 7) is 5.37. The summed E-state index contributed by atoms with van der Waals surface area (Å²) < 4.78 is 19.3. The van der Waals surface area contributed by atoms with Crippen LogP contribution in [0.15, 0.2) is 42.6 Å². The van der Waals surface area contributed by atoms with E-state index in [1.807, 2.05) is 25.1 Å². The largest absolute Gasteiger partial charge is 0.487 e. The fourth-order valence-electron chi connectivity index (χ4n) is 2.10. The van der Waals surface area contributed by atoms with E-state index in [-0.39, 0.29) is 11.9 Å². The molecule has 0 amide bonds. The number of pyridine rings is 1. The SMILES string of the molecule is CCCNC(C)c1cc(F)ccc1OCc1ccccn1. The van der Waals surface area contributed by atoms with Crippen LogP contribution < -0.4 is 10.1 Å². The van der Waals surface area contributed by atoms with Crippen LogP contribution in [0.2, 0.25) is 0 Å². The number of aromatic nitrogens is 1. The van der Waals surface area contributed by atoms with Crippen LogP contribution in [0.25, 0.3) is 0 Å². The molecule has 0 radical (unpaired) electrons. The minimum absolute atomic E-state index is 0.0411. The predicted octanol–water partition coefficient (Wildman–Crippen LogP) is 3.86. The fourth-order valence-corrected chi connectivity index (χ4v) is 2.10.